The fourth-order valence-electron chi connectivity index (χ4n) is 1.65. The molecule has 0 saturated carbocycles. The van der Waals surface area contributed by atoms with Crippen molar-refractivity contribution in [3.63, 3.8) is 0 Å². The van der Waals surface area contributed by atoms with Gasteiger partial charge in [-0.25, -0.2) is 5.43 Å². The third-order valence-electron chi connectivity index (χ3n) is 2.95. The number of rotatable bonds is 3. The molecule has 0 aliphatic rings. The minimum absolute atomic E-state index is 0.199. The summed E-state index contributed by atoms with van der Waals surface area (Å²) in [7, 11) is 0. The Hall–Kier alpha value is -2.42. The number of carbonyl (C=O) groups excluding carboxylic acids is 1. The number of hydrogen-bond acceptors (Lipinski definition) is 2. The van der Waals surface area contributed by atoms with Crippen LogP contribution in [0.25, 0.3) is 0 Å². The van der Waals surface area contributed by atoms with Crippen LogP contribution in [0.5, 0.6) is 0 Å². The first-order valence-electron chi connectivity index (χ1n) is 6.12. The zero-order chi connectivity index (χ0) is 13.7. The highest BCUT2D eigenvalue weighted by molar-refractivity contribution is 5.95. The number of hydrogen-bond donors (Lipinski definition) is 1. The number of hydrazone groups is 1. The summed E-state index contributed by atoms with van der Waals surface area (Å²) < 4.78 is 0. The second-order valence-electron chi connectivity index (χ2n) is 4.41. The van der Waals surface area contributed by atoms with Gasteiger partial charge < -0.3 is 0 Å². The summed E-state index contributed by atoms with van der Waals surface area (Å²) in [5.41, 5.74) is 6.36. The van der Waals surface area contributed by atoms with E-state index in [4.69, 9.17) is 0 Å². The standard InChI is InChI=1S/C16H16N2O/c1-12-8-9-15(10-13(12)2)16(19)18-17-11-14-6-4-3-5-7-14/h3-11H,1-2H3,(H,18,19)/b17-11+. The Bertz CT molecular complexity index is 603. The SMILES string of the molecule is Cc1ccc(C(=O)N/N=C/c2ccccc2)cc1C. The molecule has 0 radical (unpaired) electrons. The van der Waals surface area contributed by atoms with Crippen molar-refractivity contribution >= 4 is 12.1 Å². The van der Waals surface area contributed by atoms with Gasteiger partial charge in [0.25, 0.3) is 5.91 Å². The van der Waals surface area contributed by atoms with Gasteiger partial charge in [0.15, 0.2) is 0 Å². The first kappa shape index (κ1) is 13.0. The van der Waals surface area contributed by atoms with Crippen LogP contribution in [0.15, 0.2) is 53.6 Å². The van der Waals surface area contributed by atoms with Gasteiger partial charge in [0.05, 0.1) is 6.21 Å². The van der Waals surface area contributed by atoms with Gasteiger partial charge in [-0.05, 0) is 42.7 Å². The monoisotopic (exact) mass is 252 g/mol. The first-order valence-corrected chi connectivity index (χ1v) is 6.12. The van der Waals surface area contributed by atoms with E-state index in [1.54, 1.807) is 12.3 Å². The molecule has 2 aromatic carbocycles. The van der Waals surface area contributed by atoms with E-state index in [0.717, 1.165) is 11.1 Å². The van der Waals surface area contributed by atoms with E-state index in [1.165, 1.54) is 5.56 Å². The Balaban J connectivity index is 2.01. The van der Waals surface area contributed by atoms with E-state index in [1.807, 2.05) is 56.3 Å². The van der Waals surface area contributed by atoms with Gasteiger partial charge in [-0.1, -0.05) is 36.4 Å². The molecule has 19 heavy (non-hydrogen) atoms. The third kappa shape index (κ3) is 3.52. The summed E-state index contributed by atoms with van der Waals surface area (Å²) in [5, 5.41) is 3.95. The van der Waals surface area contributed by atoms with Crippen LogP contribution in [0.1, 0.15) is 27.0 Å². The minimum Gasteiger partial charge on any atom is -0.267 e. The molecule has 0 aromatic heterocycles. The largest absolute Gasteiger partial charge is 0.271 e. The molecule has 0 atom stereocenters. The number of aryl methyl sites for hydroxylation is 2. The number of nitrogens with one attached hydrogen (secondary N) is 1. The molecule has 0 aliphatic heterocycles. The van der Waals surface area contributed by atoms with Crippen molar-refractivity contribution in [2.24, 2.45) is 5.10 Å². The average Bonchev–Trinajstić information content (AvgIpc) is 2.43. The topological polar surface area (TPSA) is 41.5 Å². The molecule has 0 aliphatic carbocycles. The molecule has 1 N–H and O–H groups in total. The predicted molar refractivity (Wildman–Crippen MR) is 77.4 cm³/mol. The molecule has 0 heterocycles. The fourth-order valence-corrected chi connectivity index (χ4v) is 1.65. The number of nitrogens with zero attached hydrogens (tertiary/aromatic N) is 1. The molecular weight excluding hydrogens is 236 g/mol. The average molecular weight is 252 g/mol. The Labute approximate surface area is 113 Å². The van der Waals surface area contributed by atoms with Crippen molar-refractivity contribution < 1.29 is 4.79 Å². The summed E-state index contributed by atoms with van der Waals surface area (Å²) in [4.78, 5) is 11.9. The highest BCUT2D eigenvalue weighted by Gasteiger charge is 2.04. The molecule has 0 spiro atoms. The Morgan fingerprint density at radius 3 is 2.47 bits per heavy atom. The maximum Gasteiger partial charge on any atom is 0.271 e. The zero-order valence-electron chi connectivity index (χ0n) is 11.1. The normalized spacial score (nSPS) is 10.6. The molecule has 0 bridgehead atoms. The van der Waals surface area contributed by atoms with Gasteiger partial charge in [-0.15, -0.1) is 0 Å². The molecule has 3 heteroatoms. The van der Waals surface area contributed by atoms with Crippen molar-refractivity contribution in [3.8, 4) is 0 Å². The van der Waals surface area contributed by atoms with Gasteiger partial charge in [-0.2, -0.15) is 5.10 Å². The second-order valence-corrected chi connectivity index (χ2v) is 4.41. The van der Waals surface area contributed by atoms with Gasteiger partial charge in [-0.3, -0.25) is 4.79 Å². The van der Waals surface area contributed by atoms with E-state index in [0.29, 0.717) is 5.56 Å². The lowest BCUT2D eigenvalue weighted by Crippen LogP contribution is -2.17. The van der Waals surface area contributed by atoms with Crippen LogP contribution in [0.3, 0.4) is 0 Å². The van der Waals surface area contributed by atoms with E-state index in [-0.39, 0.29) is 5.91 Å². The van der Waals surface area contributed by atoms with Crippen molar-refractivity contribution in [2.45, 2.75) is 13.8 Å². The molecule has 1 amide bonds. The summed E-state index contributed by atoms with van der Waals surface area (Å²) >= 11 is 0. The summed E-state index contributed by atoms with van der Waals surface area (Å²) in [5.74, 6) is -0.199. The van der Waals surface area contributed by atoms with E-state index in [9.17, 15) is 4.79 Å². The van der Waals surface area contributed by atoms with E-state index in [2.05, 4.69) is 10.5 Å². The smallest absolute Gasteiger partial charge is 0.267 e. The molecule has 3 nitrogen and oxygen atoms in total. The van der Waals surface area contributed by atoms with Crippen molar-refractivity contribution in [1.82, 2.24) is 5.43 Å². The van der Waals surface area contributed by atoms with Crippen LogP contribution < -0.4 is 5.43 Å². The highest BCUT2D eigenvalue weighted by Crippen LogP contribution is 2.09. The second kappa shape index (κ2) is 5.96. The number of carbonyl (C=O) groups is 1. The van der Waals surface area contributed by atoms with Crippen molar-refractivity contribution in [3.05, 3.63) is 70.8 Å². The maximum absolute atomic E-state index is 11.9. The Kier molecular flexibility index (Phi) is 4.08. The summed E-state index contributed by atoms with van der Waals surface area (Å²) in [6, 6.07) is 15.2. The maximum atomic E-state index is 11.9. The lowest BCUT2D eigenvalue weighted by atomic mass is 10.1. The first-order chi connectivity index (χ1) is 9.16. The molecule has 0 unspecified atom stereocenters. The van der Waals surface area contributed by atoms with Crippen LogP contribution in [-0.2, 0) is 0 Å². The highest BCUT2D eigenvalue weighted by atomic mass is 16.2. The Morgan fingerprint density at radius 2 is 1.79 bits per heavy atom. The van der Waals surface area contributed by atoms with E-state index < -0.39 is 0 Å². The number of benzene rings is 2. The predicted octanol–water partition coefficient (Wildman–Crippen LogP) is 3.07. The van der Waals surface area contributed by atoms with Crippen LogP contribution in [0, 0.1) is 13.8 Å². The molecule has 2 rings (SSSR count). The minimum atomic E-state index is -0.199. The van der Waals surface area contributed by atoms with Crippen LogP contribution >= 0.6 is 0 Å². The molecule has 0 fully saturated rings. The van der Waals surface area contributed by atoms with Gasteiger partial charge in [0.2, 0.25) is 0 Å². The van der Waals surface area contributed by atoms with Crippen molar-refractivity contribution in [1.29, 1.82) is 0 Å². The van der Waals surface area contributed by atoms with E-state index >= 15 is 0 Å². The molecule has 2 aromatic rings. The lowest BCUT2D eigenvalue weighted by Gasteiger charge is -2.03. The molecular formula is C16H16N2O. The van der Waals surface area contributed by atoms with Gasteiger partial charge in [0.1, 0.15) is 0 Å². The van der Waals surface area contributed by atoms with Crippen LogP contribution in [0.2, 0.25) is 0 Å². The third-order valence-corrected chi connectivity index (χ3v) is 2.95. The number of amides is 1. The fraction of sp³-hybridized carbons (Fsp3) is 0.125. The summed E-state index contributed by atoms with van der Waals surface area (Å²) in [6.45, 7) is 4.00. The lowest BCUT2D eigenvalue weighted by molar-refractivity contribution is 0.0955. The quantitative estimate of drug-likeness (QED) is 0.662. The van der Waals surface area contributed by atoms with Crippen LogP contribution in [-0.4, -0.2) is 12.1 Å². The van der Waals surface area contributed by atoms with Gasteiger partial charge in [0, 0.05) is 5.56 Å². The Morgan fingerprint density at radius 1 is 1.05 bits per heavy atom. The zero-order valence-corrected chi connectivity index (χ0v) is 11.1. The van der Waals surface area contributed by atoms with Crippen LogP contribution in [0.4, 0.5) is 0 Å². The van der Waals surface area contributed by atoms with Gasteiger partial charge >= 0.3 is 0 Å². The molecule has 0 saturated heterocycles. The molecule has 96 valence electrons. The van der Waals surface area contributed by atoms with Crippen molar-refractivity contribution in [2.75, 3.05) is 0 Å². The summed E-state index contributed by atoms with van der Waals surface area (Å²) in [6.07, 6.45) is 1.62.